The van der Waals surface area contributed by atoms with Crippen LogP contribution in [-0.4, -0.2) is 29.8 Å². The van der Waals surface area contributed by atoms with E-state index in [1.807, 2.05) is 30.3 Å². The fraction of sp³-hybridized carbons (Fsp3) is 0.375. The highest BCUT2D eigenvalue weighted by Crippen LogP contribution is 2.38. The number of anilines is 2. The summed E-state index contributed by atoms with van der Waals surface area (Å²) in [6, 6.07) is 14.1. The molecule has 2 aromatic carbocycles. The van der Waals surface area contributed by atoms with E-state index in [-0.39, 0.29) is 36.2 Å². The number of carbonyl (C=O) groups is 3. The maximum Gasteiger partial charge on any atom is 0.251 e. The summed E-state index contributed by atoms with van der Waals surface area (Å²) in [6.45, 7) is 1.49. The zero-order chi connectivity index (χ0) is 22.0. The predicted octanol–water partition coefficient (Wildman–Crippen LogP) is 3.12. The molecule has 162 valence electrons. The first-order valence-corrected chi connectivity index (χ1v) is 10.8. The molecular weight excluding hydrogens is 392 g/mol. The summed E-state index contributed by atoms with van der Waals surface area (Å²) in [6.07, 6.45) is 4.04. The smallest absolute Gasteiger partial charge is 0.251 e. The zero-order valence-corrected chi connectivity index (χ0v) is 17.6. The number of benzene rings is 2. The average Bonchev–Trinajstić information content (AvgIpc) is 2.91. The zero-order valence-electron chi connectivity index (χ0n) is 17.6. The van der Waals surface area contributed by atoms with Gasteiger partial charge in [-0.3, -0.25) is 14.4 Å². The van der Waals surface area contributed by atoms with Gasteiger partial charge in [0.25, 0.3) is 5.91 Å². The quantitative estimate of drug-likeness (QED) is 0.709. The highest BCUT2D eigenvalue weighted by Gasteiger charge is 2.32. The molecule has 1 aliphatic heterocycles. The third-order valence-electron chi connectivity index (χ3n) is 6.14. The number of fused-ring (bicyclic) bond motifs is 1. The number of hydrogen-bond acceptors (Lipinski definition) is 4. The van der Waals surface area contributed by atoms with Crippen LogP contribution in [0.25, 0.3) is 0 Å². The van der Waals surface area contributed by atoms with E-state index in [1.54, 1.807) is 23.1 Å². The molecule has 1 saturated carbocycles. The molecule has 2 aliphatic rings. The molecule has 0 radical (unpaired) electrons. The van der Waals surface area contributed by atoms with Crippen molar-refractivity contribution in [2.75, 3.05) is 10.2 Å². The monoisotopic (exact) mass is 420 g/mol. The SMILES string of the molecule is CC(=O)N1c2ccc(C(=O)NC3CCCCC3N)cc2NC(=O)CC1c1ccccc1. The van der Waals surface area contributed by atoms with Crippen LogP contribution in [0.2, 0.25) is 0 Å². The van der Waals surface area contributed by atoms with Gasteiger partial charge in [-0.2, -0.15) is 0 Å². The van der Waals surface area contributed by atoms with Crippen molar-refractivity contribution in [3.05, 3.63) is 59.7 Å². The Bertz CT molecular complexity index is 992. The van der Waals surface area contributed by atoms with Crippen molar-refractivity contribution in [2.24, 2.45) is 5.73 Å². The second-order valence-electron chi connectivity index (χ2n) is 8.33. The summed E-state index contributed by atoms with van der Waals surface area (Å²) in [7, 11) is 0. The highest BCUT2D eigenvalue weighted by atomic mass is 16.2. The molecule has 0 bridgehead atoms. The van der Waals surface area contributed by atoms with Crippen molar-refractivity contribution in [2.45, 2.75) is 57.2 Å². The van der Waals surface area contributed by atoms with E-state index in [1.165, 1.54) is 6.92 Å². The van der Waals surface area contributed by atoms with Crippen LogP contribution in [0.5, 0.6) is 0 Å². The van der Waals surface area contributed by atoms with Gasteiger partial charge < -0.3 is 21.3 Å². The molecule has 31 heavy (non-hydrogen) atoms. The van der Waals surface area contributed by atoms with Gasteiger partial charge in [-0.15, -0.1) is 0 Å². The molecule has 7 nitrogen and oxygen atoms in total. The van der Waals surface area contributed by atoms with Gasteiger partial charge in [0, 0.05) is 24.6 Å². The van der Waals surface area contributed by atoms with Crippen LogP contribution < -0.4 is 21.3 Å². The van der Waals surface area contributed by atoms with Gasteiger partial charge in [0.15, 0.2) is 0 Å². The normalized spacial score (nSPS) is 23.4. The lowest BCUT2D eigenvalue weighted by molar-refractivity contribution is -0.118. The third kappa shape index (κ3) is 4.46. The number of rotatable bonds is 3. The molecule has 4 rings (SSSR count). The summed E-state index contributed by atoms with van der Waals surface area (Å²) in [5.74, 6) is -0.597. The van der Waals surface area contributed by atoms with Crippen molar-refractivity contribution >= 4 is 29.1 Å². The minimum atomic E-state index is -0.417. The van der Waals surface area contributed by atoms with E-state index in [4.69, 9.17) is 5.73 Å². The Hall–Kier alpha value is -3.19. The van der Waals surface area contributed by atoms with Crippen molar-refractivity contribution in [1.29, 1.82) is 0 Å². The Morgan fingerprint density at radius 1 is 1.10 bits per heavy atom. The number of carbonyl (C=O) groups excluding carboxylic acids is 3. The van der Waals surface area contributed by atoms with Gasteiger partial charge in [-0.1, -0.05) is 43.2 Å². The Balaban J connectivity index is 1.65. The van der Waals surface area contributed by atoms with Crippen LogP contribution in [0.4, 0.5) is 11.4 Å². The van der Waals surface area contributed by atoms with Crippen molar-refractivity contribution in [3.8, 4) is 0 Å². The van der Waals surface area contributed by atoms with Crippen LogP contribution in [-0.2, 0) is 9.59 Å². The average molecular weight is 421 g/mol. The Labute approximate surface area is 182 Å². The standard InChI is InChI=1S/C24H28N4O3/c1-15(29)28-21-12-11-17(24(31)27-19-10-6-5-9-18(19)25)13-20(21)26-23(30)14-22(28)16-7-3-2-4-8-16/h2-4,7-8,11-13,18-19,22H,5-6,9-10,14,25H2,1H3,(H,26,30)(H,27,31). The van der Waals surface area contributed by atoms with Crippen molar-refractivity contribution in [1.82, 2.24) is 5.32 Å². The minimum Gasteiger partial charge on any atom is -0.348 e. The van der Waals surface area contributed by atoms with E-state index in [0.29, 0.717) is 16.9 Å². The molecule has 1 heterocycles. The molecule has 0 saturated heterocycles. The van der Waals surface area contributed by atoms with E-state index in [2.05, 4.69) is 10.6 Å². The molecule has 1 fully saturated rings. The summed E-state index contributed by atoms with van der Waals surface area (Å²) < 4.78 is 0. The first kappa shape index (κ1) is 21.1. The van der Waals surface area contributed by atoms with Gasteiger partial charge in [-0.25, -0.2) is 0 Å². The number of nitrogens with zero attached hydrogens (tertiary/aromatic N) is 1. The molecule has 7 heteroatoms. The second-order valence-corrected chi connectivity index (χ2v) is 8.33. The summed E-state index contributed by atoms with van der Waals surface area (Å²) in [5.41, 5.74) is 8.51. The van der Waals surface area contributed by atoms with Crippen LogP contribution in [0.15, 0.2) is 48.5 Å². The van der Waals surface area contributed by atoms with Crippen LogP contribution in [0.3, 0.4) is 0 Å². The number of nitrogens with one attached hydrogen (secondary N) is 2. The first-order chi connectivity index (χ1) is 14.9. The Kier molecular flexibility index (Phi) is 6.04. The molecule has 4 N–H and O–H groups in total. The fourth-order valence-corrected chi connectivity index (χ4v) is 4.55. The topological polar surface area (TPSA) is 105 Å². The Morgan fingerprint density at radius 2 is 1.84 bits per heavy atom. The lowest BCUT2D eigenvalue weighted by Crippen LogP contribution is -2.49. The lowest BCUT2D eigenvalue weighted by Gasteiger charge is -2.30. The van der Waals surface area contributed by atoms with Gasteiger partial charge in [0.05, 0.1) is 23.8 Å². The summed E-state index contributed by atoms with van der Waals surface area (Å²) in [5, 5.41) is 5.91. The van der Waals surface area contributed by atoms with Gasteiger partial charge in [0.1, 0.15) is 0 Å². The largest absolute Gasteiger partial charge is 0.348 e. The maximum absolute atomic E-state index is 12.9. The van der Waals surface area contributed by atoms with Gasteiger partial charge >= 0.3 is 0 Å². The molecule has 1 aliphatic carbocycles. The second kappa shape index (κ2) is 8.89. The molecule has 3 unspecified atom stereocenters. The molecule has 3 atom stereocenters. The van der Waals surface area contributed by atoms with Crippen molar-refractivity contribution in [3.63, 3.8) is 0 Å². The van der Waals surface area contributed by atoms with Gasteiger partial charge in [0.2, 0.25) is 11.8 Å². The lowest BCUT2D eigenvalue weighted by atomic mass is 9.91. The van der Waals surface area contributed by atoms with Crippen LogP contribution in [0.1, 0.15) is 61.0 Å². The van der Waals surface area contributed by atoms with Crippen molar-refractivity contribution < 1.29 is 14.4 Å². The first-order valence-electron chi connectivity index (χ1n) is 10.8. The van der Waals surface area contributed by atoms with E-state index >= 15 is 0 Å². The summed E-state index contributed by atoms with van der Waals surface area (Å²) in [4.78, 5) is 39.8. The molecule has 3 amide bonds. The Morgan fingerprint density at radius 3 is 2.55 bits per heavy atom. The maximum atomic E-state index is 12.9. The predicted molar refractivity (Wildman–Crippen MR) is 120 cm³/mol. The van der Waals surface area contributed by atoms with E-state index in [9.17, 15) is 14.4 Å². The number of amides is 3. The van der Waals surface area contributed by atoms with Crippen LogP contribution >= 0.6 is 0 Å². The van der Waals surface area contributed by atoms with E-state index in [0.717, 1.165) is 31.2 Å². The molecule has 0 aromatic heterocycles. The summed E-state index contributed by atoms with van der Waals surface area (Å²) >= 11 is 0. The fourth-order valence-electron chi connectivity index (χ4n) is 4.55. The molecular formula is C24H28N4O3. The van der Waals surface area contributed by atoms with E-state index < -0.39 is 6.04 Å². The number of hydrogen-bond donors (Lipinski definition) is 3. The minimum absolute atomic E-state index is 0.0435. The molecule has 2 aromatic rings. The van der Waals surface area contributed by atoms with Gasteiger partial charge in [-0.05, 0) is 36.6 Å². The van der Waals surface area contributed by atoms with Crippen LogP contribution in [0, 0.1) is 0 Å². The highest BCUT2D eigenvalue weighted by molar-refractivity contribution is 6.06. The third-order valence-corrected chi connectivity index (χ3v) is 6.14. The number of nitrogens with two attached hydrogens (primary N) is 1. The molecule has 0 spiro atoms.